The van der Waals surface area contributed by atoms with E-state index in [4.69, 9.17) is 6.42 Å². The van der Waals surface area contributed by atoms with Crippen LogP contribution in [-0.2, 0) is 16.2 Å². The third-order valence-electron chi connectivity index (χ3n) is 16.7. The van der Waals surface area contributed by atoms with Crippen molar-refractivity contribution in [3.8, 4) is 12.3 Å². The van der Waals surface area contributed by atoms with Gasteiger partial charge in [-0.25, -0.2) is 0 Å². The Hall–Kier alpha value is -5.69. The zero-order chi connectivity index (χ0) is 53.7. The molecule has 3 heteroatoms. The smallest absolute Gasteiger partial charge is 0.0967 e. The van der Waals surface area contributed by atoms with Crippen LogP contribution in [0.4, 0.5) is 17.1 Å². The summed E-state index contributed by atoms with van der Waals surface area (Å²) in [6.07, 6.45) is 26.5. The standard InChI is InChI=1S/C70H84N2S/c1-23-47(66(10,11)12)26-27-50-39-56(46(6)69(50,19)20)54-36-34-53-42-73-61-41-57-55-35-30-49(68(16,17)18)40-58(55)70(21,22)63(57)64(61)72(51(24-2)31-25-44(4)65(7,8)9)60-38-43(3)37-59(62(60)45(54)5)71(53)52-32-28-48(29-33-52)67(13,14)15/h2,23,25-40,42H,41H2,1,3-22H3/b27-26-,36-34-,44-25+,47-23+,51-31+,53-42-,54-45+. The quantitative estimate of drug-likeness (QED) is 0.180. The van der Waals surface area contributed by atoms with Crippen molar-refractivity contribution in [3.63, 3.8) is 0 Å². The molecular formula is C70H84N2S. The summed E-state index contributed by atoms with van der Waals surface area (Å²) in [5.74, 6) is 3.35. The number of rotatable bonds is 6. The fourth-order valence-corrected chi connectivity index (χ4v) is 12.3. The number of nitrogens with zero attached hydrogens (tertiary/aromatic N) is 2. The molecule has 3 aliphatic carbocycles. The lowest BCUT2D eigenvalue weighted by molar-refractivity contribution is 0.504. The monoisotopic (exact) mass is 985 g/mol. The summed E-state index contributed by atoms with van der Waals surface area (Å²) in [4.78, 5) is 6.33. The number of hydrogen-bond acceptors (Lipinski definition) is 3. The molecule has 0 N–H and O–H groups in total. The number of benzene rings is 3. The van der Waals surface area contributed by atoms with Gasteiger partial charge in [0.2, 0.25) is 0 Å². The van der Waals surface area contributed by atoms with E-state index in [0.717, 1.165) is 34.9 Å². The molecule has 73 heavy (non-hydrogen) atoms. The Morgan fingerprint density at radius 3 is 1.96 bits per heavy atom. The largest absolute Gasteiger partial charge is 0.309 e. The van der Waals surface area contributed by atoms with Gasteiger partial charge in [0.25, 0.3) is 0 Å². The zero-order valence-corrected chi connectivity index (χ0v) is 49.3. The summed E-state index contributed by atoms with van der Waals surface area (Å²) >= 11 is 1.86. The van der Waals surface area contributed by atoms with Crippen LogP contribution in [0.2, 0.25) is 0 Å². The highest BCUT2D eigenvalue weighted by molar-refractivity contribution is 8.05. The number of allylic oxidation sites excluding steroid dienone is 19. The molecule has 8 rings (SSSR count). The molecule has 0 radical (unpaired) electrons. The highest BCUT2D eigenvalue weighted by atomic mass is 32.2. The van der Waals surface area contributed by atoms with E-state index in [1.165, 1.54) is 94.1 Å². The minimum atomic E-state index is -0.304. The molecule has 5 aliphatic rings. The van der Waals surface area contributed by atoms with E-state index in [-0.39, 0.29) is 32.5 Å². The van der Waals surface area contributed by atoms with Gasteiger partial charge in [-0.2, -0.15) is 0 Å². The molecular weight excluding hydrogens is 901 g/mol. The number of anilines is 3. The lowest BCUT2D eigenvalue weighted by Crippen LogP contribution is -2.31. The molecule has 2 nitrogen and oxygen atoms in total. The van der Waals surface area contributed by atoms with Gasteiger partial charge in [-0.05, 0) is 165 Å². The third kappa shape index (κ3) is 9.57. The van der Waals surface area contributed by atoms with Gasteiger partial charge in [-0.15, -0.1) is 6.42 Å². The Labute approximate surface area is 447 Å². The van der Waals surface area contributed by atoms with Crippen LogP contribution in [-0.4, -0.2) is 0 Å². The van der Waals surface area contributed by atoms with Gasteiger partial charge >= 0.3 is 0 Å². The van der Waals surface area contributed by atoms with Gasteiger partial charge in [0.15, 0.2) is 0 Å². The van der Waals surface area contributed by atoms with Gasteiger partial charge in [-0.3, -0.25) is 0 Å². The van der Waals surface area contributed by atoms with Crippen molar-refractivity contribution >= 4 is 40.0 Å². The first-order valence-electron chi connectivity index (χ1n) is 26.7. The van der Waals surface area contributed by atoms with Crippen molar-refractivity contribution in [1.82, 2.24) is 0 Å². The summed E-state index contributed by atoms with van der Waals surface area (Å²) in [5, 5.41) is 2.42. The summed E-state index contributed by atoms with van der Waals surface area (Å²) in [5.41, 5.74) is 25.6. The Morgan fingerprint density at radius 1 is 0.740 bits per heavy atom. The van der Waals surface area contributed by atoms with Crippen LogP contribution in [0.25, 0.3) is 11.1 Å². The molecule has 0 amide bonds. The molecule has 3 aromatic rings. The Kier molecular flexibility index (Phi) is 13.7. The molecule has 0 spiro atoms. The van der Waals surface area contributed by atoms with E-state index >= 15 is 0 Å². The van der Waals surface area contributed by atoms with Crippen molar-refractivity contribution in [1.29, 1.82) is 0 Å². The van der Waals surface area contributed by atoms with Gasteiger partial charge in [0.05, 0.1) is 28.5 Å². The predicted octanol–water partition coefficient (Wildman–Crippen LogP) is 20.2. The van der Waals surface area contributed by atoms with Crippen LogP contribution in [0.5, 0.6) is 0 Å². The molecule has 0 saturated heterocycles. The number of terminal acetylenes is 1. The maximum atomic E-state index is 6.97. The summed E-state index contributed by atoms with van der Waals surface area (Å²) in [6, 6.07) is 21.4. The molecule has 0 unspecified atom stereocenters. The summed E-state index contributed by atoms with van der Waals surface area (Å²) in [6.45, 7) is 48.6. The summed E-state index contributed by atoms with van der Waals surface area (Å²) in [7, 11) is 0. The first-order chi connectivity index (χ1) is 33.8. The highest BCUT2D eigenvalue weighted by Crippen LogP contribution is 2.61. The number of fused-ring (bicyclic) bond motifs is 4. The molecule has 4 bridgehead atoms. The van der Waals surface area contributed by atoms with E-state index in [9.17, 15) is 0 Å². The maximum absolute atomic E-state index is 6.97. The third-order valence-corrected chi connectivity index (χ3v) is 17.7. The number of aryl methyl sites for hydroxylation is 1. The zero-order valence-electron chi connectivity index (χ0n) is 48.5. The van der Waals surface area contributed by atoms with Crippen LogP contribution in [0.3, 0.4) is 0 Å². The first kappa shape index (κ1) is 53.6. The average Bonchev–Trinajstić information content (AvgIpc) is 3.85. The average molecular weight is 986 g/mol. The van der Waals surface area contributed by atoms with Crippen LogP contribution in [0.1, 0.15) is 178 Å². The first-order valence-corrected chi connectivity index (χ1v) is 27.6. The fourth-order valence-electron chi connectivity index (χ4n) is 11.3. The minimum Gasteiger partial charge on any atom is -0.309 e. The molecule has 0 aromatic heterocycles. The Morgan fingerprint density at radius 2 is 1.37 bits per heavy atom. The molecule has 380 valence electrons. The van der Waals surface area contributed by atoms with E-state index < -0.39 is 0 Å². The van der Waals surface area contributed by atoms with Crippen LogP contribution in [0, 0.1) is 35.5 Å². The topological polar surface area (TPSA) is 6.48 Å². The Balaban J connectivity index is 1.50. The van der Waals surface area contributed by atoms with Gasteiger partial charge in [-0.1, -0.05) is 206 Å². The second kappa shape index (κ2) is 18.6. The SMILES string of the molecule is C#C/C(=C\C=C(/C)C(C)(C)C)N1C2=C(CC3=C2C(C)(C)c2cc(C(C)(C)C)ccc23)S/C=C2/C=C\C(C3=C(C)C(C)(C)C(/C=C\C(=C/C)C(C)(C)C)=C3)=C(\C)c3c1cc(C)cc3N2c1ccc(C(C)(C)C)cc1. The molecule has 0 saturated carbocycles. The molecule has 0 fully saturated rings. The maximum Gasteiger partial charge on any atom is 0.0967 e. The lowest BCUT2D eigenvalue weighted by Gasteiger charge is -2.39. The van der Waals surface area contributed by atoms with Crippen LogP contribution >= 0.6 is 11.8 Å². The van der Waals surface area contributed by atoms with Crippen molar-refractivity contribution in [3.05, 3.63) is 203 Å². The minimum absolute atomic E-state index is 0.0149. The van der Waals surface area contributed by atoms with Crippen molar-refractivity contribution in [2.24, 2.45) is 16.2 Å². The number of thioether (sulfide) groups is 1. The molecule has 0 atom stereocenters. The predicted molar refractivity (Wildman–Crippen MR) is 322 cm³/mol. The molecule has 2 heterocycles. The normalized spacial score (nSPS) is 21.6. The van der Waals surface area contributed by atoms with Gasteiger partial charge in [0.1, 0.15) is 0 Å². The van der Waals surface area contributed by atoms with Crippen LogP contribution in [0.15, 0.2) is 170 Å². The van der Waals surface area contributed by atoms with Crippen LogP contribution < -0.4 is 9.80 Å². The second-order valence-corrected chi connectivity index (χ2v) is 27.5. The van der Waals surface area contributed by atoms with Crippen molar-refractivity contribution in [2.75, 3.05) is 9.80 Å². The van der Waals surface area contributed by atoms with E-state index in [1.807, 2.05) is 11.8 Å². The van der Waals surface area contributed by atoms with E-state index in [2.05, 4.69) is 270 Å². The highest BCUT2D eigenvalue weighted by Gasteiger charge is 2.47. The second-order valence-electron chi connectivity index (χ2n) is 26.5. The lowest BCUT2D eigenvalue weighted by atomic mass is 9.77. The summed E-state index contributed by atoms with van der Waals surface area (Å²) < 4.78 is 0. The van der Waals surface area contributed by atoms with E-state index in [1.54, 1.807) is 0 Å². The molecule has 2 aliphatic heterocycles. The Bertz CT molecular complexity index is 3220. The van der Waals surface area contributed by atoms with Crippen molar-refractivity contribution in [2.45, 2.75) is 168 Å². The number of hydrogen-bond donors (Lipinski definition) is 0. The van der Waals surface area contributed by atoms with Gasteiger partial charge in [0, 0.05) is 33.4 Å². The van der Waals surface area contributed by atoms with Gasteiger partial charge < -0.3 is 9.80 Å². The molecule has 3 aromatic carbocycles. The van der Waals surface area contributed by atoms with Crippen molar-refractivity contribution < 1.29 is 0 Å². The fraction of sp³-hybridized carbons (Fsp3) is 0.400. The van der Waals surface area contributed by atoms with E-state index in [0.29, 0.717) is 0 Å².